The molecule has 1 saturated carbocycles. The number of H-pyrrole nitrogens is 1. The number of hydrogen-bond acceptors (Lipinski definition) is 4. The van der Waals surface area contributed by atoms with Crippen molar-refractivity contribution in [2.75, 3.05) is 6.61 Å². The van der Waals surface area contributed by atoms with Gasteiger partial charge < -0.3 is 4.74 Å². The Bertz CT molecular complexity index is 760. The highest BCUT2D eigenvalue weighted by atomic mass is 19.1. The Labute approximate surface area is 132 Å². The van der Waals surface area contributed by atoms with E-state index in [-0.39, 0.29) is 17.9 Å². The lowest BCUT2D eigenvalue weighted by Crippen LogP contribution is -2.20. The van der Waals surface area contributed by atoms with Crippen molar-refractivity contribution >= 4 is 11.6 Å². The van der Waals surface area contributed by atoms with Gasteiger partial charge in [-0.1, -0.05) is 0 Å². The third-order valence-corrected chi connectivity index (χ3v) is 4.27. The Kier molecular flexibility index (Phi) is 4.45. The number of aromatic amines is 1. The number of halogens is 1. The summed E-state index contributed by atoms with van der Waals surface area (Å²) in [5.74, 6) is -0.153. The molecule has 0 atom stereocenters. The van der Waals surface area contributed by atoms with Crippen LogP contribution in [0.4, 0.5) is 4.39 Å². The van der Waals surface area contributed by atoms with E-state index in [0.717, 1.165) is 12.8 Å². The summed E-state index contributed by atoms with van der Waals surface area (Å²) < 4.78 is 19.3. The normalized spacial score (nSPS) is 21.5. The van der Waals surface area contributed by atoms with Crippen LogP contribution in [0.1, 0.15) is 48.8 Å². The highest BCUT2D eigenvalue weighted by Crippen LogP contribution is 2.28. The first-order valence-corrected chi connectivity index (χ1v) is 7.99. The van der Waals surface area contributed by atoms with Crippen LogP contribution < -0.4 is 5.56 Å². The Morgan fingerprint density at radius 3 is 2.83 bits per heavy atom. The molecular formula is C16H20FN3O3. The number of rotatable bonds is 4. The molecule has 0 unspecified atom stereocenters. The highest BCUT2D eigenvalue weighted by Gasteiger charge is 2.22. The van der Waals surface area contributed by atoms with Crippen molar-refractivity contribution in [2.24, 2.45) is 5.92 Å². The molecular weight excluding hydrogens is 301 g/mol. The Morgan fingerprint density at radius 2 is 2.13 bits per heavy atom. The van der Waals surface area contributed by atoms with Gasteiger partial charge in [-0.25, -0.2) is 18.7 Å². The van der Waals surface area contributed by atoms with E-state index in [4.69, 9.17) is 4.74 Å². The molecule has 3 rings (SSSR count). The maximum Gasteiger partial charge on any atom is 0.356 e. The van der Waals surface area contributed by atoms with Gasteiger partial charge in [0.1, 0.15) is 11.9 Å². The topological polar surface area (TPSA) is 76.5 Å². The second kappa shape index (κ2) is 6.52. The van der Waals surface area contributed by atoms with Crippen LogP contribution in [0, 0.1) is 5.92 Å². The molecule has 0 saturated heterocycles. The van der Waals surface area contributed by atoms with E-state index in [0.29, 0.717) is 36.5 Å². The number of ether oxygens (including phenoxy) is 1. The quantitative estimate of drug-likeness (QED) is 0.877. The molecule has 0 bridgehead atoms. The van der Waals surface area contributed by atoms with Gasteiger partial charge in [-0.05, 0) is 44.9 Å². The first-order chi connectivity index (χ1) is 11.1. The number of esters is 1. The van der Waals surface area contributed by atoms with Gasteiger partial charge in [-0.3, -0.25) is 9.89 Å². The maximum atomic E-state index is 13.2. The van der Waals surface area contributed by atoms with Gasteiger partial charge in [0.25, 0.3) is 5.56 Å². The molecule has 0 amide bonds. The summed E-state index contributed by atoms with van der Waals surface area (Å²) in [7, 11) is 0. The third-order valence-electron chi connectivity index (χ3n) is 4.27. The molecule has 0 aromatic carbocycles. The number of nitrogens with zero attached hydrogens (tertiary/aromatic N) is 2. The molecule has 2 heterocycles. The molecule has 124 valence electrons. The van der Waals surface area contributed by atoms with E-state index in [9.17, 15) is 14.0 Å². The van der Waals surface area contributed by atoms with Crippen LogP contribution in [-0.2, 0) is 11.2 Å². The molecule has 1 aliphatic carbocycles. The molecule has 0 spiro atoms. The highest BCUT2D eigenvalue weighted by molar-refractivity contribution is 5.88. The lowest BCUT2D eigenvalue weighted by Gasteiger charge is -2.23. The van der Waals surface area contributed by atoms with Crippen LogP contribution in [0.25, 0.3) is 5.65 Å². The van der Waals surface area contributed by atoms with Crippen LogP contribution >= 0.6 is 0 Å². The molecule has 6 nitrogen and oxygen atoms in total. The van der Waals surface area contributed by atoms with Crippen LogP contribution in [-0.4, -0.2) is 33.3 Å². The predicted molar refractivity (Wildman–Crippen MR) is 82.3 cm³/mol. The average molecular weight is 321 g/mol. The van der Waals surface area contributed by atoms with E-state index < -0.39 is 12.1 Å². The zero-order valence-electron chi connectivity index (χ0n) is 13.0. The van der Waals surface area contributed by atoms with Crippen LogP contribution in [0.15, 0.2) is 16.9 Å². The fourth-order valence-corrected chi connectivity index (χ4v) is 3.08. The minimum Gasteiger partial charge on any atom is -0.461 e. The fourth-order valence-electron chi connectivity index (χ4n) is 3.08. The average Bonchev–Trinajstić information content (AvgIpc) is 2.95. The van der Waals surface area contributed by atoms with Gasteiger partial charge in [0.05, 0.1) is 6.61 Å². The van der Waals surface area contributed by atoms with Crippen LogP contribution in [0.5, 0.6) is 0 Å². The fraction of sp³-hybridized carbons (Fsp3) is 0.562. The van der Waals surface area contributed by atoms with Crippen molar-refractivity contribution < 1.29 is 13.9 Å². The Balaban J connectivity index is 1.82. The van der Waals surface area contributed by atoms with Crippen molar-refractivity contribution in [1.29, 1.82) is 0 Å². The van der Waals surface area contributed by atoms with Crippen molar-refractivity contribution in [1.82, 2.24) is 14.6 Å². The lowest BCUT2D eigenvalue weighted by atomic mass is 9.85. The molecule has 1 N–H and O–H groups in total. The van der Waals surface area contributed by atoms with Crippen LogP contribution in [0.2, 0.25) is 0 Å². The zero-order chi connectivity index (χ0) is 16.4. The number of nitrogens with one attached hydrogen (secondary N) is 1. The molecule has 7 heteroatoms. The lowest BCUT2D eigenvalue weighted by molar-refractivity contribution is 0.0519. The van der Waals surface area contributed by atoms with Gasteiger partial charge in [0, 0.05) is 17.8 Å². The summed E-state index contributed by atoms with van der Waals surface area (Å²) in [6.07, 6.45) is 2.79. The zero-order valence-corrected chi connectivity index (χ0v) is 13.0. The first-order valence-electron chi connectivity index (χ1n) is 7.99. The van der Waals surface area contributed by atoms with Crippen molar-refractivity contribution in [3.05, 3.63) is 33.9 Å². The second-order valence-corrected chi connectivity index (χ2v) is 5.99. The van der Waals surface area contributed by atoms with E-state index in [2.05, 4.69) is 10.1 Å². The second-order valence-electron chi connectivity index (χ2n) is 5.99. The smallest absolute Gasteiger partial charge is 0.356 e. The van der Waals surface area contributed by atoms with Crippen LogP contribution in [0.3, 0.4) is 0 Å². The van der Waals surface area contributed by atoms with Crippen molar-refractivity contribution in [3.63, 3.8) is 0 Å². The maximum absolute atomic E-state index is 13.2. The van der Waals surface area contributed by atoms with Crippen molar-refractivity contribution in [3.8, 4) is 0 Å². The van der Waals surface area contributed by atoms with Gasteiger partial charge in [-0.15, -0.1) is 0 Å². The summed E-state index contributed by atoms with van der Waals surface area (Å²) in [4.78, 5) is 28.3. The third kappa shape index (κ3) is 3.43. The van der Waals surface area contributed by atoms with Gasteiger partial charge in [-0.2, -0.15) is 0 Å². The van der Waals surface area contributed by atoms with Gasteiger partial charge >= 0.3 is 5.97 Å². The standard InChI is InChI=1S/C16H20FN3O3/c1-2-23-16(22)13-9-14-18-12(8-15(21)20(14)19-13)7-10-3-5-11(17)6-4-10/h8-11,19H,2-7H2,1H3. The number of carbonyl (C=O) groups excluding carboxylic acids is 1. The molecule has 1 aliphatic rings. The summed E-state index contributed by atoms with van der Waals surface area (Å²) >= 11 is 0. The Morgan fingerprint density at radius 1 is 1.39 bits per heavy atom. The van der Waals surface area contributed by atoms with Gasteiger partial charge in [0.15, 0.2) is 5.65 Å². The molecule has 0 aliphatic heterocycles. The number of fused-ring (bicyclic) bond motifs is 1. The van der Waals surface area contributed by atoms with Gasteiger partial charge in [0.2, 0.25) is 0 Å². The van der Waals surface area contributed by atoms with E-state index in [1.54, 1.807) is 6.92 Å². The van der Waals surface area contributed by atoms with Crippen molar-refractivity contribution in [2.45, 2.75) is 45.2 Å². The van der Waals surface area contributed by atoms with E-state index >= 15 is 0 Å². The SMILES string of the molecule is CCOC(=O)c1cc2nc(CC3CCC(F)CC3)cc(=O)n2[nH]1. The monoisotopic (exact) mass is 321 g/mol. The number of alkyl halides is 1. The molecule has 1 fully saturated rings. The minimum absolute atomic E-state index is 0.200. The molecule has 2 aromatic heterocycles. The summed E-state index contributed by atoms with van der Waals surface area (Å²) in [5, 5.41) is 2.70. The largest absolute Gasteiger partial charge is 0.461 e. The molecule has 0 radical (unpaired) electrons. The molecule has 23 heavy (non-hydrogen) atoms. The Hall–Kier alpha value is -2.18. The summed E-state index contributed by atoms with van der Waals surface area (Å²) in [6, 6.07) is 2.99. The minimum atomic E-state index is -0.691. The number of hydrogen-bond donors (Lipinski definition) is 1. The van der Waals surface area contributed by atoms with E-state index in [1.807, 2.05) is 0 Å². The number of carbonyl (C=O) groups is 1. The molecule has 2 aromatic rings. The first kappa shape index (κ1) is 15.7. The summed E-state index contributed by atoms with van der Waals surface area (Å²) in [6.45, 7) is 1.98. The van der Waals surface area contributed by atoms with E-state index in [1.165, 1.54) is 16.6 Å². The summed E-state index contributed by atoms with van der Waals surface area (Å²) in [5.41, 5.74) is 1.02. The predicted octanol–water partition coefficient (Wildman–Crippen LogP) is 2.27. The number of aromatic nitrogens is 3.